The Morgan fingerprint density at radius 1 is 1.06 bits per heavy atom. The molecule has 2 aromatic carbocycles. The van der Waals surface area contributed by atoms with Crippen molar-refractivity contribution in [3.63, 3.8) is 0 Å². The van der Waals surface area contributed by atoms with E-state index in [1.807, 2.05) is 12.1 Å². The van der Waals surface area contributed by atoms with Crippen LogP contribution in [0, 0.1) is 0 Å². The summed E-state index contributed by atoms with van der Waals surface area (Å²) in [5.41, 5.74) is 1.11. The number of halogens is 1. The van der Waals surface area contributed by atoms with E-state index >= 15 is 0 Å². The Morgan fingerprint density at radius 2 is 1.67 bits per heavy atom. The zero-order chi connectivity index (χ0) is 26.3. The number of amides is 2. The van der Waals surface area contributed by atoms with Crippen LogP contribution in [0.5, 0.6) is 5.75 Å². The molecule has 10 heteroatoms. The molecule has 0 saturated heterocycles. The highest BCUT2D eigenvalue weighted by atomic mass is 35.5. The normalized spacial score (nSPS) is 15.1. The van der Waals surface area contributed by atoms with Crippen molar-refractivity contribution in [2.24, 2.45) is 0 Å². The van der Waals surface area contributed by atoms with Crippen LogP contribution in [0.15, 0.2) is 48.5 Å². The van der Waals surface area contributed by atoms with E-state index in [1.165, 1.54) is 4.90 Å². The third-order valence-electron chi connectivity index (χ3n) is 6.42. The van der Waals surface area contributed by atoms with Crippen LogP contribution >= 0.6 is 11.6 Å². The van der Waals surface area contributed by atoms with Gasteiger partial charge in [-0.3, -0.25) is 13.9 Å². The maximum atomic E-state index is 13.6. The average molecular weight is 536 g/mol. The van der Waals surface area contributed by atoms with Crippen LogP contribution < -0.4 is 14.4 Å². The minimum absolute atomic E-state index is 0.0909. The van der Waals surface area contributed by atoms with Crippen molar-refractivity contribution >= 4 is 39.1 Å². The molecule has 2 amide bonds. The lowest BCUT2D eigenvalue weighted by Crippen LogP contribution is -2.52. The van der Waals surface area contributed by atoms with Crippen LogP contribution in [0.3, 0.4) is 0 Å². The predicted molar refractivity (Wildman–Crippen MR) is 142 cm³/mol. The van der Waals surface area contributed by atoms with Gasteiger partial charge in [-0.1, -0.05) is 43.0 Å². The smallest absolute Gasteiger partial charge is 0.244 e. The van der Waals surface area contributed by atoms with Gasteiger partial charge in [0, 0.05) is 17.6 Å². The first-order valence-corrected chi connectivity index (χ1v) is 14.3. The van der Waals surface area contributed by atoms with Gasteiger partial charge in [0.25, 0.3) is 0 Å². The van der Waals surface area contributed by atoms with E-state index in [9.17, 15) is 18.0 Å². The second-order valence-electron chi connectivity index (χ2n) is 9.14. The molecular formula is C26H34ClN3O5S. The lowest BCUT2D eigenvalue weighted by Gasteiger charge is -2.33. The zero-order valence-electron chi connectivity index (χ0n) is 20.9. The molecule has 3 rings (SSSR count). The van der Waals surface area contributed by atoms with Crippen molar-refractivity contribution in [1.82, 2.24) is 10.2 Å². The molecule has 196 valence electrons. The highest BCUT2D eigenvalue weighted by Gasteiger charge is 2.31. The maximum absolute atomic E-state index is 13.6. The number of carbonyl (C=O) groups excluding carboxylic acids is 2. The molecule has 0 radical (unpaired) electrons. The lowest BCUT2D eigenvalue weighted by molar-refractivity contribution is -0.139. The van der Waals surface area contributed by atoms with Gasteiger partial charge in [-0.05, 0) is 61.7 Å². The maximum Gasteiger partial charge on any atom is 0.244 e. The van der Waals surface area contributed by atoms with Gasteiger partial charge in [0.1, 0.15) is 18.3 Å². The number of nitrogens with zero attached hydrogens (tertiary/aromatic N) is 2. The second kappa shape index (κ2) is 12.5. The van der Waals surface area contributed by atoms with Crippen LogP contribution in [0.4, 0.5) is 5.69 Å². The quantitative estimate of drug-likeness (QED) is 0.496. The molecule has 0 spiro atoms. The molecule has 1 unspecified atom stereocenters. The van der Waals surface area contributed by atoms with E-state index in [2.05, 4.69) is 5.32 Å². The number of carbonyl (C=O) groups is 2. The molecule has 1 fully saturated rings. The SMILES string of the molecule is COc1ccc(CN(C(=O)CN(c2ccc(Cl)cc2)S(C)(=O)=O)C(C)C(=O)NC2CCCCC2)cc1. The summed E-state index contributed by atoms with van der Waals surface area (Å²) in [6.07, 6.45) is 6.18. The Hall–Kier alpha value is -2.78. The molecule has 0 bridgehead atoms. The fourth-order valence-corrected chi connectivity index (χ4v) is 5.28. The molecule has 1 atom stereocenters. The van der Waals surface area contributed by atoms with Gasteiger partial charge in [-0.25, -0.2) is 8.42 Å². The van der Waals surface area contributed by atoms with Crippen LogP contribution in [0.2, 0.25) is 5.02 Å². The van der Waals surface area contributed by atoms with Gasteiger partial charge < -0.3 is 15.0 Å². The molecule has 36 heavy (non-hydrogen) atoms. The summed E-state index contributed by atoms with van der Waals surface area (Å²) in [6, 6.07) is 12.7. The molecule has 1 N–H and O–H groups in total. The van der Waals surface area contributed by atoms with Crippen molar-refractivity contribution in [1.29, 1.82) is 0 Å². The van der Waals surface area contributed by atoms with E-state index in [4.69, 9.17) is 16.3 Å². The number of benzene rings is 2. The second-order valence-corrected chi connectivity index (χ2v) is 11.5. The number of hydrogen-bond donors (Lipinski definition) is 1. The van der Waals surface area contributed by atoms with Crippen molar-refractivity contribution in [2.45, 2.75) is 57.7 Å². The number of hydrogen-bond acceptors (Lipinski definition) is 5. The molecule has 0 aliphatic heterocycles. The van der Waals surface area contributed by atoms with Gasteiger partial charge in [-0.2, -0.15) is 0 Å². The summed E-state index contributed by atoms with van der Waals surface area (Å²) < 4.78 is 31.4. The topological polar surface area (TPSA) is 96.0 Å². The Bertz CT molecular complexity index is 1130. The molecule has 2 aromatic rings. The van der Waals surface area contributed by atoms with Gasteiger partial charge in [0.15, 0.2) is 0 Å². The number of ether oxygens (including phenoxy) is 1. The fourth-order valence-electron chi connectivity index (χ4n) is 4.30. The van der Waals surface area contributed by atoms with Gasteiger partial charge in [0.05, 0.1) is 19.1 Å². The summed E-state index contributed by atoms with van der Waals surface area (Å²) >= 11 is 5.96. The highest BCUT2D eigenvalue weighted by Crippen LogP contribution is 2.22. The van der Waals surface area contributed by atoms with E-state index in [0.29, 0.717) is 16.5 Å². The first-order chi connectivity index (χ1) is 17.1. The van der Waals surface area contributed by atoms with E-state index in [1.54, 1.807) is 50.4 Å². The third-order valence-corrected chi connectivity index (χ3v) is 7.82. The van der Waals surface area contributed by atoms with Crippen molar-refractivity contribution < 1.29 is 22.7 Å². The molecule has 1 aliphatic rings. The van der Waals surface area contributed by atoms with Crippen LogP contribution in [-0.4, -0.2) is 57.1 Å². The van der Waals surface area contributed by atoms with Crippen LogP contribution in [0.1, 0.15) is 44.6 Å². The minimum atomic E-state index is -3.78. The van der Waals surface area contributed by atoms with Gasteiger partial charge in [-0.15, -0.1) is 0 Å². The molecule has 1 aliphatic carbocycles. The fraction of sp³-hybridized carbons (Fsp3) is 0.462. The number of anilines is 1. The summed E-state index contributed by atoms with van der Waals surface area (Å²) in [7, 11) is -2.22. The monoisotopic (exact) mass is 535 g/mol. The zero-order valence-corrected chi connectivity index (χ0v) is 22.5. The number of rotatable bonds is 10. The average Bonchev–Trinajstić information content (AvgIpc) is 2.86. The van der Waals surface area contributed by atoms with E-state index in [0.717, 1.165) is 48.2 Å². The molecule has 8 nitrogen and oxygen atoms in total. The number of methoxy groups -OCH3 is 1. The van der Waals surface area contributed by atoms with E-state index < -0.39 is 28.5 Å². The summed E-state index contributed by atoms with van der Waals surface area (Å²) in [5.74, 6) is -0.0654. The standard InChI is InChI=1S/C26H34ClN3O5S/c1-19(26(32)28-22-7-5-4-6-8-22)29(17-20-9-15-24(35-2)16-10-20)25(31)18-30(36(3,33)34)23-13-11-21(27)12-14-23/h9-16,19,22H,4-8,17-18H2,1-3H3,(H,28,32). The summed E-state index contributed by atoms with van der Waals surface area (Å²) in [4.78, 5) is 28.2. The van der Waals surface area contributed by atoms with Crippen molar-refractivity contribution in [3.05, 3.63) is 59.1 Å². The predicted octanol–water partition coefficient (Wildman–Crippen LogP) is 3.98. The molecule has 0 heterocycles. The number of sulfonamides is 1. The Morgan fingerprint density at radius 3 is 2.22 bits per heavy atom. The Balaban J connectivity index is 1.85. The van der Waals surface area contributed by atoms with E-state index in [-0.39, 0.29) is 18.5 Å². The lowest BCUT2D eigenvalue weighted by atomic mass is 9.95. The molecule has 1 saturated carbocycles. The third kappa shape index (κ3) is 7.61. The largest absolute Gasteiger partial charge is 0.497 e. The number of nitrogens with one attached hydrogen (secondary N) is 1. The Kier molecular flexibility index (Phi) is 9.62. The highest BCUT2D eigenvalue weighted by molar-refractivity contribution is 7.92. The van der Waals surface area contributed by atoms with Crippen LogP contribution in [0.25, 0.3) is 0 Å². The van der Waals surface area contributed by atoms with Gasteiger partial charge >= 0.3 is 0 Å². The summed E-state index contributed by atoms with van der Waals surface area (Å²) in [6.45, 7) is 1.37. The minimum Gasteiger partial charge on any atom is -0.497 e. The summed E-state index contributed by atoms with van der Waals surface area (Å²) in [5, 5.41) is 3.53. The van der Waals surface area contributed by atoms with Gasteiger partial charge in [0.2, 0.25) is 21.8 Å². The Labute approximate surface area is 218 Å². The first kappa shape index (κ1) is 27.8. The van der Waals surface area contributed by atoms with Crippen molar-refractivity contribution in [2.75, 3.05) is 24.2 Å². The van der Waals surface area contributed by atoms with Crippen LogP contribution in [-0.2, 0) is 26.2 Å². The van der Waals surface area contributed by atoms with Crippen molar-refractivity contribution in [3.8, 4) is 5.75 Å². The molecular weight excluding hydrogens is 502 g/mol. The first-order valence-electron chi connectivity index (χ1n) is 12.0. The molecule has 0 aromatic heterocycles.